The molecule has 62 heteroatoms. The first-order valence-corrected chi connectivity index (χ1v) is 52.9. The predicted molar refractivity (Wildman–Crippen MR) is 452 cm³/mol. The number of H-pyrrole nitrogens is 3. The largest absolute Gasteiger partial charge is 0.383 e. The second-order valence-corrected chi connectivity index (χ2v) is 45.9. The van der Waals surface area contributed by atoms with Crippen LogP contribution in [0.4, 0.5) is 17.5 Å². The van der Waals surface area contributed by atoms with E-state index < -0.39 is 223 Å². The third-order valence-electron chi connectivity index (χ3n) is 20.6. The van der Waals surface area contributed by atoms with Crippen molar-refractivity contribution in [1.82, 2.24) is 77.2 Å². The van der Waals surface area contributed by atoms with Gasteiger partial charge in [0.2, 0.25) is 0 Å². The summed E-state index contributed by atoms with van der Waals surface area (Å²) in [6.45, 7) is -22.4. The average molecular weight is 1970 g/mol. The van der Waals surface area contributed by atoms with Crippen LogP contribution >= 0.6 is 40.3 Å². The minimum absolute atomic E-state index is 0.00326. The minimum atomic E-state index is -4.70. The Morgan fingerprint density at radius 2 is 0.653 bits per heavy atom. The third-order valence-corrected chi connectivity index (χ3v) is 30.2. The molecule has 0 amide bonds. The summed E-state index contributed by atoms with van der Waals surface area (Å²) in [5.74, 6) is 0.0346. The number of hydrogen-bond donors (Lipinski definition) is 12. The maximum Gasteiger partial charge on any atom is 0.351 e. The summed E-state index contributed by atoms with van der Waals surface area (Å²) < 4.78 is 117. The van der Waals surface area contributed by atoms with Crippen molar-refractivity contribution in [3.8, 4) is 0 Å². The van der Waals surface area contributed by atoms with Crippen LogP contribution in [-0.4, -0.2) is 220 Å². The lowest BCUT2D eigenvalue weighted by Crippen LogP contribution is -2.33. The molecule has 50 nitrogen and oxygen atoms in total. The molecule has 0 radical (unpaired) electrons. The van der Waals surface area contributed by atoms with Gasteiger partial charge in [-0.25, -0.2) is 49.1 Å². The number of aryl methyl sites for hydroxylation is 4. The minimum Gasteiger partial charge on any atom is -0.383 e. The SMILES string of the molecule is CC[C@H]1O[C@@H](n2cc(C)c(=O)[nH]c2=O)C[C@H]1OP(O)(=S)OC[C@H]1O[C@@H](n2cnc3c(N)ncnc32)C[C@H]1OP(O)(=S)OC[C@H]1O[C@@H](n2cc(C)c(=O)[nH]c2=O)C[C@H]1OP(O)(=S)OC[C@H]1O[C@@H](n2cc(C)c(=O)[nH]c2=O)C[C@H]1OP(O)(=S)OC[C@H]1O[C@@H](n2cnc3c(N)ncnc32)C[C@H]1OP(O)(=S)OC[C@H]1O[C@@H](n2cc(C)c(N)nc2=O)C[C@H]1OP(O)(=S)OC. The Kier molecular flexibility index (Phi) is 29.0. The van der Waals surface area contributed by atoms with Crippen molar-refractivity contribution in [2.75, 3.05) is 57.3 Å². The molecule has 14 heterocycles. The lowest BCUT2D eigenvalue weighted by atomic mass is 10.1. The number of anilines is 3. The molecule has 0 spiro atoms. The maximum atomic E-state index is 13.5. The second-order valence-electron chi connectivity index (χ2n) is 29.0. The van der Waals surface area contributed by atoms with Gasteiger partial charge >= 0.3 is 63.1 Å². The quantitative estimate of drug-likeness (QED) is 0.0247. The van der Waals surface area contributed by atoms with Gasteiger partial charge in [0.15, 0.2) is 22.9 Å². The van der Waals surface area contributed by atoms with Crippen LogP contribution in [0.15, 0.2) is 83.7 Å². The first-order valence-electron chi connectivity index (χ1n) is 37.4. The van der Waals surface area contributed by atoms with E-state index in [-0.39, 0.29) is 95.0 Å². The molecule has 0 saturated carbocycles. The van der Waals surface area contributed by atoms with Crippen molar-refractivity contribution in [2.24, 2.45) is 0 Å². The molecular weight excluding hydrogens is 1890 g/mol. The highest BCUT2D eigenvalue weighted by Crippen LogP contribution is 2.58. The van der Waals surface area contributed by atoms with Crippen molar-refractivity contribution >= 4 is 151 Å². The van der Waals surface area contributed by atoms with E-state index >= 15 is 0 Å². The van der Waals surface area contributed by atoms with Gasteiger partial charge in [-0.2, -0.15) is 4.98 Å². The van der Waals surface area contributed by atoms with Crippen LogP contribution < -0.4 is 56.6 Å². The molecule has 124 heavy (non-hydrogen) atoms. The molecule has 8 aromatic heterocycles. The Morgan fingerprint density at radius 3 is 0.952 bits per heavy atom. The van der Waals surface area contributed by atoms with E-state index in [0.29, 0.717) is 12.0 Å². The lowest BCUT2D eigenvalue weighted by molar-refractivity contribution is -0.0571. The molecule has 6 aliphatic rings. The number of rotatable bonds is 35. The summed E-state index contributed by atoms with van der Waals surface area (Å²) in [5.41, 5.74) is 14.3. The third kappa shape index (κ3) is 22.0. The van der Waals surface area contributed by atoms with Gasteiger partial charge in [0, 0.05) is 92.7 Å². The first-order chi connectivity index (χ1) is 58.4. The summed E-state index contributed by atoms with van der Waals surface area (Å²) in [4.78, 5) is 197. The van der Waals surface area contributed by atoms with E-state index in [4.69, 9.17) is 171 Å². The highest BCUT2D eigenvalue weighted by molar-refractivity contribution is 8.08. The monoisotopic (exact) mass is 1970 g/mol. The Bertz CT molecular complexity index is 6130. The molecule has 6 aliphatic heterocycles. The van der Waals surface area contributed by atoms with Gasteiger partial charge in [-0.3, -0.25) is 56.7 Å². The van der Waals surface area contributed by atoms with Crippen LogP contribution in [0.5, 0.6) is 0 Å². The summed E-state index contributed by atoms with van der Waals surface area (Å²) in [6, 6.07) is 0. The van der Waals surface area contributed by atoms with E-state index in [1.54, 1.807) is 13.8 Å². The number of nitrogens with one attached hydrogen (secondary N) is 3. The summed E-state index contributed by atoms with van der Waals surface area (Å²) in [5, 5.41) is 0. The van der Waals surface area contributed by atoms with Crippen LogP contribution in [0, 0.1) is 27.7 Å². The molecule has 15 N–H and O–H groups in total. The van der Waals surface area contributed by atoms with Crippen molar-refractivity contribution in [3.63, 3.8) is 0 Å². The zero-order valence-corrected chi connectivity index (χ0v) is 75.8. The molecule has 6 saturated heterocycles. The smallest absolute Gasteiger partial charge is 0.351 e. The Labute approximate surface area is 728 Å². The average Bonchev–Trinajstić information content (AvgIpc) is 1.63. The predicted octanol–water partition coefficient (Wildman–Crippen LogP) is 1.03. The molecule has 0 aliphatic carbocycles. The highest BCUT2D eigenvalue weighted by Gasteiger charge is 2.50. The number of ether oxygens (including phenoxy) is 6. The van der Waals surface area contributed by atoms with Crippen molar-refractivity contribution in [1.29, 1.82) is 0 Å². The zero-order chi connectivity index (χ0) is 89.2. The Hall–Kier alpha value is -5.64. The molecule has 678 valence electrons. The number of nitrogen functional groups attached to an aromatic ring is 3. The summed E-state index contributed by atoms with van der Waals surface area (Å²) >= 11 is 33.2. The number of hydrogen-bond acceptors (Lipinski definition) is 41. The van der Waals surface area contributed by atoms with Gasteiger partial charge in [-0.1, -0.05) is 6.92 Å². The van der Waals surface area contributed by atoms with Crippen LogP contribution in [0.3, 0.4) is 0 Å². The number of aromatic nitrogens is 16. The standard InChI is InChI=1S/C62H83N19O31P6S6/c1-7-31-32(8-43(101-31)77-15-28(3)56(82)73-60(77)86)108-114(90,120)96-21-41-36(12-47(105-41)80-25-70-49-52(64)66-23-68-54(49)80)112-118(94,124)99-20-40-34(10-45(104-40)78-16-29(4)57(83)74-61(78)87)109-115(91,121)98-19-39-35(11-46(103-39)79-17-30(5)58(84)75-62(79)88)110-116(92,122)100-22-42-37(13-48(106-42)81-26-71-50-53(65)67-24-69-55(50)81)111-117(93,123)97-18-38-33(107-113(89,119)95-6)9-44(102-38)76-14-27(2)51(63)72-59(76)85/h14-17,23-26,31-48H,7-13,18-22H2,1-6H3,(H,89,119)(H,90,120)(H,91,121)(H,92,122)(H,93,123)(H,94,124)(H2,63,72,85)(H2,64,66,68)(H2,65,67,69)(H,73,82,86)(H,74,83,87)(H,75,84,88)/t31-,32-,33-,34-,35-,36-,37-,38-,39-,40-,41-,42-,43-,44-,45-,46-,47-,48-,113?,114?,115?,116?,117?,118?/m1/s1. The van der Waals surface area contributed by atoms with E-state index in [2.05, 4.69) is 49.8 Å². The fourth-order valence-corrected chi connectivity index (χ4v) is 22.8. The Balaban J connectivity index is 0.670. The molecule has 0 aromatic carbocycles. The maximum absolute atomic E-state index is 13.5. The van der Waals surface area contributed by atoms with Gasteiger partial charge in [-0.05, 0) is 105 Å². The molecule has 14 rings (SSSR count). The van der Waals surface area contributed by atoms with Crippen LogP contribution in [-0.2, 0) is 154 Å². The second kappa shape index (κ2) is 38.0. The van der Waals surface area contributed by atoms with Gasteiger partial charge < -0.3 is 129 Å². The summed E-state index contributed by atoms with van der Waals surface area (Å²) in [7, 11) is 1.13. The van der Waals surface area contributed by atoms with Crippen molar-refractivity contribution < 1.29 is 112 Å². The zero-order valence-electron chi connectivity index (χ0n) is 65.6. The van der Waals surface area contributed by atoms with E-state index in [1.165, 1.54) is 84.6 Å². The highest BCUT2D eigenvalue weighted by atomic mass is 32.5. The summed E-state index contributed by atoms with van der Waals surface area (Å²) in [6.07, 6.45) is -12.5. The van der Waals surface area contributed by atoms with Gasteiger partial charge in [0.1, 0.15) is 97.4 Å². The van der Waals surface area contributed by atoms with Gasteiger partial charge in [-0.15, -0.1) is 0 Å². The molecule has 6 unspecified atom stereocenters. The molecular formula is C62H83N19O31P6S6. The van der Waals surface area contributed by atoms with E-state index in [0.717, 1.165) is 20.8 Å². The Morgan fingerprint density at radius 1 is 0.387 bits per heavy atom. The molecule has 0 bridgehead atoms. The van der Waals surface area contributed by atoms with Crippen molar-refractivity contribution in [2.45, 2.75) is 190 Å². The number of nitrogens with zero attached hydrogens (tertiary/aromatic N) is 13. The van der Waals surface area contributed by atoms with E-state index in [1.807, 2.05) is 0 Å². The van der Waals surface area contributed by atoms with Crippen LogP contribution in [0.2, 0.25) is 0 Å². The van der Waals surface area contributed by atoms with E-state index in [9.17, 15) is 62.9 Å². The molecule has 24 atom stereocenters. The fraction of sp³-hybridized carbons (Fsp3) is 0.581. The number of aromatic amines is 3. The first kappa shape index (κ1) is 94.5. The molecule has 6 fully saturated rings. The van der Waals surface area contributed by atoms with Crippen LogP contribution in [0.25, 0.3) is 22.3 Å². The molecule has 8 aromatic rings. The van der Waals surface area contributed by atoms with Gasteiger partial charge in [0.05, 0.1) is 88.4 Å². The normalized spacial score (nSPS) is 29.6. The number of nitrogens with two attached hydrogens (primary N) is 3. The number of imidazole rings is 2. The van der Waals surface area contributed by atoms with Crippen molar-refractivity contribution in [3.05, 3.63) is 145 Å². The number of fused-ring (bicyclic) bond motifs is 2. The van der Waals surface area contributed by atoms with Crippen LogP contribution in [0.1, 0.15) is 111 Å². The van der Waals surface area contributed by atoms with Gasteiger partial charge in [0.25, 0.3) is 16.7 Å². The lowest BCUT2D eigenvalue weighted by Gasteiger charge is -2.28. The fourth-order valence-electron chi connectivity index (χ4n) is 14.4. The topological polar surface area (TPSA) is 652 Å².